The van der Waals surface area contributed by atoms with Crippen LogP contribution in [-0.2, 0) is 4.74 Å². The van der Waals surface area contributed by atoms with Crippen molar-refractivity contribution in [2.24, 2.45) is 0 Å². The van der Waals surface area contributed by atoms with Crippen molar-refractivity contribution in [3.8, 4) is 0 Å². The highest BCUT2D eigenvalue weighted by Gasteiger charge is 2.29. The highest BCUT2D eigenvalue weighted by atomic mass is 16.5. The van der Waals surface area contributed by atoms with Crippen LogP contribution in [0.2, 0.25) is 0 Å². The highest BCUT2D eigenvalue weighted by Crippen LogP contribution is 2.17. The smallest absolute Gasteiger partial charge is 0.0674 e. The van der Waals surface area contributed by atoms with Gasteiger partial charge < -0.3 is 10.1 Å². The third-order valence-corrected chi connectivity index (χ3v) is 3.46. The van der Waals surface area contributed by atoms with E-state index >= 15 is 0 Å². The Hall–Kier alpha value is -0.120. The largest absolute Gasteiger partial charge is 0.376 e. The summed E-state index contributed by atoms with van der Waals surface area (Å²) >= 11 is 0. The fourth-order valence-corrected chi connectivity index (χ4v) is 2.36. The summed E-state index contributed by atoms with van der Waals surface area (Å²) in [7, 11) is 0. The molecule has 1 N–H and O–H groups in total. The van der Waals surface area contributed by atoms with Gasteiger partial charge in [0.2, 0.25) is 0 Å². The molecule has 0 saturated carbocycles. The van der Waals surface area contributed by atoms with Gasteiger partial charge >= 0.3 is 0 Å². The number of ether oxygens (including phenoxy) is 1. The van der Waals surface area contributed by atoms with Crippen LogP contribution in [0.3, 0.4) is 0 Å². The van der Waals surface area contributed by atoms with E-state index < -0.39 is 0 Å². The van der Waals surface area contributed by atoms with Crippen LogP contribution in [0, 0.1) is 0 Å². The molecule has 1 fully saturated rings. The molecule has 0 spiro atoms. The summed E-state index contributed by atoms with van der Waals surface area (Å²) in [6.45, 7) is 16.4. The van der Waals surface area contributed by atoms with Gasteiger partial charge in [0, 0.05) is 30.7 Å². The molecule has 3 heteroatoms. The molecule has 3 atom stereocenters. The van der Waals surface area contributed by atoms with Crippen molar-refractivity contribution in [1.29, 1.82) is 0 Å². The van der Waals surface area contributed by atoms with Crippen molar-refractivity contribution in [2.45, 2.75) is 71.7 Å². The maximum atomic E-state index is 5.70. The second-order valence-electron chi connectivity index (χ2n) is 6.38. The molecule has 0 aliphatic carbocycles. The summed E-state index contributed by atoms with van der Waals surface area (Å²) < 4.78 is 5.70. The van der Waals surface area contributed by atoms with Crippen LogP contribution in [0.25, 0.3) is 0 Å². The molecule has 3 nitrogen and oxygen atoms in total. The minimum Gasteiger partial charge on any atom is -0.376 e. The fourth-order valence-electron chi connectivity index (χ4n) is 2.36. The summed E-state index contributed by atoms with van der Waals surface area (Å²) in [4.78, 5) is 2.60. The Morgan fingerprint density at radius 1 is 1.35 bits per heavy atom. The molecule has 0 aromatic heterocycles. The van der Waals surface area contributed by atoms with Crippen molar-refractivity contribution in [3.05, 3.63) is 0 Å². The van der Waals surface area contributed by atoms with Gasteiger partial charge in [-0.1, -0.05) is 6.92 Å². The van der Waals surface area contributed by atoms with Crippen LogP contribution in [0.15, 0.2) is 0 Å². The van der Waals surface area contributed by atoms with E-state index in [0.717, 1.165) is 19.7 Å². The zero-order valence-corrected chi connectivity index (χ0v) is 12.4. The first kappa shape index (κ1) is 14.9. The van der Waals surface area contributed by atoms with Gasteiger partial charge in [-0.3, -0.25) is 4.90 Å². The Kier molecular flexibility index (Phi) is 5.42. The standard InChI is InChI=1S/C14H30N2O/c1-7-13(8-15-14(4,5)6)16-9-12(3)17-10-11(16)2/h11-13,15H,7-10H2,1-6H3. The summed E-state index contributed by atoms with van der Waals surface area (Å²) in [5.74, 6) is 0. The van der Waals surface area contributed by atoms with Crippen molar-refractivity contribution >= 4 is 0 Å². The Labute approximate surface area is 107 Å². The number of morpholine rings is 1. The average Bonchev–Trinajstić information content (AvgIpc) is 2.22. The van der Waals surface area contributed by atoms with Gasteiger partial charge in [0.25, 0.3) is 0 Å². The van der Waals surface area contributed by atoms with E-state index in [9.17, 15) is 0 Å². The fraction of sp³-hybridized carbons (Fsp3) is 1.00. The minimum atomic E-state index is 0.203. The molecule has 1 saturated heterocycles. The van der Waals surface area contributed by atoms with E-state index in [1.54, 1.807) is 0 Å². The van der Waals surface area contributed by atoms with E-state index in [1.165, 1.54) is 6.42 Å². The van der Waals surface area contributed by atoms with Crippen LogP contribution < -0.4 is 5.32 Å². The first-order valence-electron chi connectivity index (χ1n) is 6.96. The number of nitrogens with zero attached hydrogens (tertiary/aromatic N) is 1. The van der Waals surface area contributed by atoms with Crippen LogP contribution in [0.1, 0.15) is 48.0 Å². The molecule has 1 aliphatic rings. The van der Waals surface area contributed by atoms with Gasteiger partial charge in [0.1, 0.15) is 0 Å². The zero-order valence-electron chi connectivity index (χ0n) is 12.4. The van der Waals surface area contributed by atoms with Crippen LogP contribution in [0.4, 0.5) is 0 Å². The molecule has 1 aliphatic heterocycles. The van der Waals surface area contributed by atoms with Gasteiger partial charge in [-0.2, -0.15) is 0 Å². The van der Waals surface area contributed by atoms with E-state index in [2.05, 4.69) is 51.8 Å². The van der Waals surface area contributed by atoms with Crippen molar-refractivity contribution < 1.29 is 4.74 Å². The van der Waals surface area contributed by atoms with Gasteiger partial charge in [-0.25, -0.2) is 0 Å². The molecule has 0 amide bonds. The summed E-state index contributed by atoms with van der Waals surface area (Å²) in [6.07, 6.45) is 1.56. The minimum absolute atomic E-state index is 0.203. The molecule has 1 heterocycles. The predicted molar refractivity (Wildman–Crippen MR) is 73.4 cm³/mol. The van der Waals surface area contributed by atoms with Crippen LogP contribution in [0.5, 0.6) is 0 Å². The molecule has 0 radical (unpaired) electrons. The summed E-state index contributed by atoms with van der Waals surface area (Å²) in [6, 6.07) is 1.16. The lowest BCUT2D eigenvalue weighted by Gasteiger charge is -2.42. The summed E-state index contributed by atoms with van der Waals surface area (Å²) in [5, 5.41) is 3.62. The Morgan fingerprint density at radius 2 is 2.00 bits per heavy atom. The predicted octanol–water partition coefficient (Wildman–Crippen LogP) is 2.26. The van der Waals surface area contributed by atoms with Crippen LogP contribution >= 0.6 is 0 Å². The number of hydrogen-bond donors (Lipinski definition) is 1. The van der Waals surface area contributed by atoms with E-state index in [0.29, 0.717) is 18.2 Å². The zero-order chi connectivity index (χ0) is 13.1. The second kappa shape index (κ2) is 6.17. The topological polar surface area (TPSA) is 24.5 Å². The third-order valence-electron chi connectivity index (χ3n) is 3.46. The van der Waals surface area contributed by atoms with Crippen molar-refractivity contribution in [2.75, 3.05) is 19.7 Å². The first-order chi connectivity index (χ1) is 7.83. The first-order valence-corrected chi connectivity index (χ1v) is 6.96. The lowest BCUT2D eigenvalue weighted by molar-refractivity contribution is -0.0667. The Morgan fingerprint density at radius 3 is 2.53 bits per heavy atom. The quantitative estimate of drug-likeness (QED) is 0.818. The lowest BCUT2D eigenvalue weighted by Crippen LogP contribution is -2.56. The molecule has 0 aromatic carbocycles. The normalized spacial score (nSPS) is 29.3. The second-order valence-corrected chi connectivity index (χ2v) is 6.38. The molecule has 0 aromatic rings. The van der Waals surface area contributed by atoms with Crippen LogP contribution in [-0.4, -0.2) is 48.3 Å². The van der Waals surface area contributed by atoms with E-state index in [4.69, 9.17) is 4.74 Å². The maximum absolute atomic E-state index is 5.70. The monoisotopic (exact) mass is 242 g/mol. The Balaban J connectivity index is 2.53. The number of hydrogen-bond acceptors (Lipinski definition) is 3. The number of rotatable bonds is 4. The average molecular weight is 242 g/mol. The molecule has 0 bridgehead atoms. The SMILES string of the molecule is CCC(CNC(C)(C)C)N1CC(C)OCC1C. The van der Waals surface area contributed by atoms with Gasteiger partial charge in [-0.05, 0) is 41.0 Å². The van der Waals surface area contributed by atoms with Gasteiger partial charge in [-0.15, -0.1) is 0 Å². The maximum Gasteiger partial charge on any atom is 0.0674 e. The number of nitrogens with one attached hydrogen (secondary N) is 1. The molecule has 1 rings (SSSR count). The molecule has 17 heavy (non-hydrogen) atoms. The van der Waals surface area contributed by atoms with Crippen molar-refractivity contribution in [3.63, 3.8) is 0 Å². The van der Waals surface area contributed by atoms with Gasteiger partial charge in [0.05, 0.1) is 12.7 Å². The van der Waals surface area contributed by atoms with Gasteiger partial charge in [0.15, 0.2) is 0 Å². The summed E-state index contributed by atoms with van der Waals surface area (Å²) in [5.41, 5.74) is 0.203. The molecular formula is C14H30N2O. The Bertz CT molecular complexity index is 225. The third kappa shape index (κ3) is 4.94. The molecule has 3 unspecified atom stereocenters. The highest BCUT2D eigenvalue weighted by molar-refractivity contribution is 4.84. The van der Waals surface area contributed by atoms with E-state index in [1.807, 2.05) is 0 Å². The molecule has 102 valence electrons. The van der Waals surface area contributed by atoms with E-state index in [-0.39, 0.29) is 5.54 Å². The van der Waals surface area contributed by atoms with Crippen molar-refractivity contribution in [1.82, 2.24) is 10.2 Å². The molecular weight excluding hydrogens is 212 g/mol. The lowest BCUT2D eigenvalue weighted by atomic mass is 10.0.